The summed E-state index contributed by atoms with van der Waals surface area (Å²) in [5.41, 5.74) is 3.56. The molecular weight excluding hydrogens is 456 g/mol. The van der Waals surface area contributed by atoms with Gasteiger partial charge < -0.3 is 18.8 Å². The second-order valence-corrected chi connectivity index (χ2v) is 8.48. The van der Waals surface area contributed by atoms with Crippen molar-refractivity contribution >= 4 is 23.0 Å². The van der Waals surface area contributed by atoms with Crippen LogP contribution in [0, 0.1) is 0 Å². The van der Waals surface area contributed by atoms with Gasteiger partial charge in [-0.05, 0) is 31.2 Å². The Labute approximate surface area is 201 Å². The van der Waals surface area contributed by atoms with Gasteiger partial charge in [0.1, 0.15) is 17.6 Å². The number of hydrogen-bond donors (Lipinski definition) is 0. The molecule has 5 heterocycles. The van der Waals surface area contributed by atoms with Crippen LogP contribution in [-0.2, 0) is 17.7 Å². The molecule has 1 atom stereocenters. The van der Waals surface area contributed by atoms with Crippen LogP contribution < -0.4 is 4.74 Å². The van der Waals surface area contributed by atoms with E-state index in [2.05, 4.69) is 15.0 Å². The standard InChI is InChI=1S/C24H23ClN6O3/c1-15(13-33-2)34-23-17-12-30(24(32)21-19-5-3-4-9-31(19)14-27-21)10-8-18(17)28-22(29-23)16-6-7-20(25)26-11-16/h3-7,9,11,14-15H,8,10,12-13H2,1-2H3. The van der Waals surface area contributed by atoms with E-state index in [0.717, 1.165) is 22.3 Å². The number of ether oxygens (including phenoxy) is 2. The Morgan fingerprint density at radius 1 is 1.21 bits per heavy atom. The maximum Gasteiger partial charge on any atom is 0.275 e. The molecule has 0 N–H and O–H groups in total. The third-order valence-electron chi connectivity index (χ3n) is 5.66. The number of fused-ring (bicyclic) bond motifs is 2. The zero-order valence-corrected chi connectivity index (χ0v) is 19.6. The van der Waals surface area contributed by atoms with E-state index in [-0.39, 0.29) is 12.0 Å². The van der Waals surface area contributed by atoms with Crippen LogP contribution >= 0.6 is 11.6 Å². The quantitative estimate of drug-likeness (QED) is 0.392. The highest BCUT2D eigenvalue weighted by atomic mass is 35.5. The number of aromatic nitrogens is 5. The molecule has 1 aliphatic rings. The minimum Gasteiger partial charge on any atom is -0.472 e. The average Bonchev–Trinajstić information content (AvgIpc) is 3.28. The molecule has 4 aromatic heterocycles. The van der Waals surface area contributed by atoms with Crippen molar-refractivity contribution in [1.29, 1.82) is 0 Å². The van der Waals surface area contributed by atoms with Crippen LogP contribution in [0.4, 0.5) is 0 Å². The van der Waals surface area contributed by atoms with Crippen LogP contribution in [0.3, 0.4) is 0 Å². The number of imidazole rings is 1. The van der Waals surface area contributed by atoms with E-state index >= 15 is 0 Å². The van der Waals surface area contributed by atoms with E-state index in [1.165, 1.54) is 0 Å². The number of pyridine rings is 2. The highest BCUT2D eigenvalue weighted by Gasteiger charge is 2.29. The Kier molecular flexibility index (Phi) is 6.12. The summed E-state index contributed by atoms with van der Waals surface area (Å²) in [7, 11) is 1.62. The van der Waals surface area contributed by atoms with Crippen LogP contribution in [0.15, 0.2) is 49.1 Å². The summed E-state index contributed by atoms with van der Waals surface area (Å²) in [5.74, 6) is 0.801. The molecule has 34 heavy (non-hydrogen) atoms. The number of carbonyl (C=O) groups is 1. The SMILES string of the molecule is COCC(C)Oc1nc(-c2ccc(Cl)nc2)nc2c1CN(C(=O)c1ncn3ccccc13)CC2. The number of carbonyl (C=O) groups excluding carboxylic acids is 1. The molecule has 9 nitrogen and oxygen atoms in total. The Morgan fingerprint density at radius 2 is 2.09 bits per heavy atom. The first-order chi connectivity index (χ1) is 16.5. The minimum absolute atomic E-state index is 0.138. The maximum atomic E-state index is 13.4. The summed E-state index contributed by atoms with van der Waals surface area (Å²) in [5, 5.41) is 0.396. The van der Waals surface area contributed by atoms with Gasteiger partial charge in [-0.15, -0.1) is 0 Å². The van der Waals surface area contributed by atoms with Crippen LogP contribution in [0.1, 0.15) is 28.7 Å². The molecule has 0 saturated carbocycles. The smallest absolute Gasteiger partial charge is 0.275 e. The van der Waals surface area contributed by atoms with Crippen molar-refractivity contribution in [1.82, 2.24) is 29.2 Å². The summed E-state index contributed by atoms with van der Waals surface area (Å²) in [4.78, 5) is 33.1. The van der Waals surface area contributed by atoms with Crippen molar-refractivity contribution in [2.45, 2.75) is 26.0 Å². The number of methoxy groups -OCH3 is 1. The van der Waals surface area contributed by atoms with Gasteiger partial charge in [-0.25, -0.2) is 15.0 Å². The lowest BCUT2D eigenvalue weighted by Crippen LogP contribution is -2.37. The molecule has 174 valence electrons. The van der Waals surface area contributed by atoms with Crippen LogP contribution in [0.5, 0.6) is 5.88 Å². The largest absolute Gasteiger partial charge is 0.472 e. The Morgan fingerprint density at radius 3 is 2.88 bits per heavy atom. The molecule has 0 bridgehead atoms. The summed E-state index contributed by atoms with van der Waals surface area (Å²) < 4.78 is 13.2. The van der Waals surface area contributed by atoms with E-state index in [4.69, 9.17) is 26.1 Å². The van der Waals surface area contributed by atoms with Crippen LogP contribution in [0.2, 0.25) is 5.15 Å². The van der Waals surface area contributed by atoms with E-state index < -0.39 is 0 Å². The molecule has 0 spiro atoms. The van der Waals surface area contributed by atoms with Gasteiger partial charge in [0, 0.05) is 38.0 Å². The fourth-order valence-electron chi connectivity index (χ4n) is 4.01. The van der Waals surface area contributed by atoms with E-state index in [1.54, 1.807) is 30.6 Å². The predicted molar refractivity (Wildman–Crippen MR) is 126 cm³/mol. The summed E-state index contributed by atoms with van der Waals surface area (Å²) >= 11 is 5.94. The first-order valence-electron chi connectivity index (χ1n) is 10.9. The fraction of sp³-hybridized carbons (Fsp3) is 0.292. The Bertz CT molecular complexity index is 1340. The van der Waals surface area contributed by atoms with Crippen LogP contribution in [-0.4, -0.2) is 61.5 Å². The second-order valence-electron chi connectivity index (χ2n) is 8.09. The van der Waals surface area contributed by atoms with Gasteiger partial charge in [-0.2, -0.15) is 4.98 Å². The predicted octanol–water partition coefficient (Wildman–Crippen LogP) is 3.45. The van der Waals surface area contributed by atoms with Gasteiger partial charge in [0.15, 0.2) is 11.5 Å². The number of nitrogens with zero attached hydrogens (tertiary/aromatic N) is 6. The molecule has 4 aromatic rings. The first kappa shape index (κ1) is 22.2. The molecule has 0 radical (unpaired) electrons. The molecule has 1 amide bonds. The van der Waals surface area contributed by atoms with Crippen LogP contribution in [0.25, 0.3) is 16.9 Å². The van der Waals surface area contributed by atoms with E-state index in [9.17, 15) is 4.79 Å². The van der Waals surface area contributed by atoms with Gasteiger partial charge >= 0.3 is 0 Å². The molecule has 0 aliphatic carbocycles. The van der Waals surface area contributed by atoms with E-state index in [0.29, 0.717) is 48.7 Å². The first-order valence-corrected chi connectivity index (χ1v) is 11.3. The molecule has 10 heteroatoms. The van der Waals surface area contributed by atoms with Crippen molar-refractivity contribution in [3.05, 3.63) is 71.2 Å². The van der Waals surface area contributed by atoms with Crippen molar-refractivity contribution in [2.24, 2.45) is 0 Å². The lowest BCUT2D eigenvalue weighted by molar-refractivity contribution is 0.0712. The molecule has 1 unspecified atom stereocenters. The number of amides is 1. The highest BCUT2D eigenvalue weighted by molar-refractivity contribution is 6.29. The fourth-order valence-corrected chi connectivity index (χ4v) is 4.12. The van der Waals surface area contributed by atoms with Crippen molar-refractivity contribution in [3.63, 3.8) is 0 Å². The molecule has 0 fully saturated rings. The lowest BCUT2D eigenvalue weighted by Gasteiger charge is -2.29. The van der Waals surface area contributed by atoms with Crippen molar-refractivity contribution < 1.29 is 14.3 Å². The molecule has 5 rings (SSSR count). The zero-order valence-electron chi connectivity index (χ0n) is 18.8. The summed E-state index contributed by atoms with van der Waals surface area (Å²) in [6.45, 7) is 3.15. The van der Waals surface area contributed by atoms with Gasteiger partial charge in [0.2, 0.25) is 5.88 Å². The maximum absolute atomic E-state index is 13.4. The summed E-state index contributed by atoms with van der Waals surface area (Å²) in [6.07, 6.45) is 5.49. The van der Waals surface area contributed by atoms with Crippen molar-refractivity contribution in [2.75, 3.05) is 20.3 Å². The van der Waals surface area contributed by atoms with Gasteiger partial charge in [-0.3, -0.25) is 4.79 Å². The van der Waals surface area contributed by atoms with Gasteiger partial charge in [0.05, 0.1) is 29.9 Å². The number of halogens is 1. The van der Waals surface area contributed by atoms with Crippen molar-refractivity contribution in [3.8, 4) is 17.3 Å². The third kappa shape index (κ3) is 4.32. The average molecular weight is 479 g/mol. The Balaban J connectivity index is 1.49. The normalized spacial score (nSPS) is 14.1. The molecular formula is C24H23ClN6O3. The number of hydrogen-bond acceptors (Lipinski definition) is 7. The molecule has 1 aliphatic heterocycles. The van der Waals surface area contributed by atoms with Gasteiger partial charge in [-0.1, -0.05) is 17.7 Å². The monoisotopic (exact) mass is 478 g/mol. The topological polar surface area (TPSA) is 94.7 Å². The Hall–Kier alpha value is -3.56. The van der Waals surface area contributed by atoms with Gasteiger partial charge in [0.25, 0.3) is 5.91 Å². The molecule has 0 aromatic carbocycles. The minimum atomic E-state index is -0.233. The highest BCUT2D eigenvalue weighted by Crippen LogP contribution is 2.30. The zero-order chi connectivity index (χ0) is 23.7. The molecule has 0 saturated heterocycles. The number of rotatable bonds is 6. The van der Waals surface area contributed by atoms with E-state index in [1.807, 2.05) is 41.8 Å². The lowest BCUT2D eigenvalue weighted by atomic mass is 10.1. The second kappa shape index (κ2) is 9.36. The third-order valence-corrected chi connectivity index (χ3v) is 5.88. The summed E-state index contributed by atoms with van der Waals surface area (Å²) in [6, 6.07) is 9.19.